The maximum atomic E-state index is 13.0. The normalized spacial score (nSPS) is 27.7. The molecule has 0 aromatic rings. The van der Waals surface area contributed by atoms with Gasteiger partial charge >= 0.3 is 12.3 Å². The summed E-state index contributed by atoms with van der Waals surface area (Å²) in [6.07, 6.45) is 0.734. The summed E-state index contributed by atoms with van der Waals surface area (Å²) >= 11 is 0. The molecule has 1 saturated heterocycles. The molecule has 0 bridgehead atoms. The Morgan fingerprint density at radius 3 is 2.30 bits per heavy atom. The van der Waals surface area contributed by atoms with E-state index in [1.165, 1.54) is 0 Å². The SMILES string of the molecule is [C-]#[N+]C1CC2CC2N1C(=O)[C@@H](NC(=O)OC(C)(C)C)C(C)(C)C. The molecule has 23 heavy (non-hydrogen) atoms. The maximum absolute atomic E-state index is 13.0. The molecule has 2 amide bonds. The zero-order valence-corrected chi connectivity index (χ0v) is 14.8. The number of carbonyl (C=O) groups excluding carboxylic acids is 2. The Kier molecular flexibility index (Phi) is 4.36. The van der Waals surface area contributed by atoms with Crippen molar-refractivity contribution in [2.75, 3.05) is 0 Å². The molecule has 2 fully saturated rings. The second kappa shape index (κ2) is 5.70. The molecule has 6 heteroatoms. The van der Waals surface area contributed by atoms with Crippen LogP contribution in [0.15, 0.2) is 0 Å². The van der Waals surface area contributed by atoms with E-state index in [9.17, 15) is 9.59 Å². The van der Waals surface area contributed by atoms with Crippen LogP contribution < -0.4 is 5.32 Å². The molecule has 1 saturated carbocycles. The summed E-state index contributed by atoms with van der Waals surface area (Å²) in [5.41, 5.74) is -1.09. The monoisotopic (exact) mass is 321 g/mol. The van der Waals surface area contributed by atoms with Crippen molar-refractivity contribution in [1.82, 2.24) is 10.2 Å². The first-order chi connectivity index (χ1) is 10.4. The number of piperidine rings is 1. The van der Waals surface area contributed by atoms with Gasteiger partial charge in [-0.25, -0.2) is 11.4 Å². The second-order valence-corrected chi connectivity index (χ2v) is 8.60. The fourth-order valence-electron chi connectivity index (χ4n) is 3.08. The largest absolute Gasteiger partial charge is 0.444 e. The van der Waals surface area contributed by atoms with E-state index in [2.05, 4.69) is 10.2 Å². The Hall–Kier alpha value is -1.77. The number of carbonyl (C=O) groups is 2. The molecule has 4 atom stereocenters. The minimum atomic E-state index is -0.707. The molecule has 2 aliphatic rings. The van der Waals surface area contributed by atoms with Gasteiger partial charge in [0, 0.05) is 12.5 Å². The molecule has 0 aromatic heterocycles. The van der Waals surface area contributed by atoms with Crippen molar-refractivity contribution in [1.29, 1.82) is 0 Å². The van der Waals surface area contributed by atoms with Gasteiger partial charge in [-0.1, -0.05) is 20.8 Å². The summed E-state index contributed by atoms with van der Waals surface area (Å²) < 4.78 is 5.29. The first kappa shape index (κ1) is 17.6. The first-order valence-electron chi connectivity index (χ1n) is 8.12. The van der Waals surface area contributed by atoms with E-state index in [1.54, 1.807) is 25.7 Å². The van der Waals surface area contributed by atoms with Crippen LogP contribution in [0.1, 0.15) is 54.4 Å². The number of amides is 2. The number of rotatable bonds is 2. The second-order valence-electron chi connectivity index (χ2n) is 8.60. The molecule has 1 aliphatic carbocycles. The van der Waals surface area contributed by atoms with E-state index >= 15 is 0 Å². The third-order valence-corrected chi connectivity index (χ3v) is 4.25. The molecule has 1 N–H and O–H groups in total. The number of nitrogens with one attached hydrogen (secondary N) is 1. The van der Waals surface area contributed by atoms with Crippen LogP contribution in [0.5, 0.6) is 0 Å². The van der Waals surface area contributed by atoms with Crippen LogP contribution in [-0.2, 0) is 9.53 Å². The van der Waals surface area contributed by atoms with Gasteiger partial charge in [-0.3, -0.25) is 14.5 Å². The van der Waals surface area contributed by atoms with Gasteiger partial charge in [-0.15, -0.1) is 0 Å². The van der Waals surface area contributed by atoms with Crippen LogP contribution in [0.4, 0.5) is 4.79 Å². The number of hydrogen-bond donors (Lipinski definition) is 1. The van der Waals surface area contributed by atoms with E-state index in [1.807, 2.05) is 20.8 Å². The predicted molar refractivity (Wildman–Crippen MR) is 86.4 cm³/mol. The summed E-state index contributed by atoms with van der Waals surface area (Å²) in [6, 6.07) is -0.534. The van der Waals surface area contributed by atoms with Crippen molar-refractivity contribution in [3.8, 4) is 0 Å². The quantitative estimate of drug-likeness (QED) is 0.796. The van der Waals surface area contributed by atoms with E-state index in [0.717, 1.165) is 12.8 Å². The highest BCUT2D eigenvalue weighted by Crippen LogP contribution is 2.48. The van der Waals surface area contributed by atoms with Gasteiger partial charge in [0.1, 0.15) is 11.6 Å². The highest BCUT2D eigenvalue weighted by Gasteiger charge is 2.59. The molecular weight excluding hydrogens is 294 g/mol. The smallest absolute Gasteiger partial charge is 0.408 e. The van der Waals surface area contributed by atoms with Gasteiger partial charge in [0.2, 0.25) is 0 Å². The van der Waals surface area contributed by atoms with Crippen LogP contribution in [0.2, 0.25) is 0 Å². The Morgan fingerprint density at radius 2 is 1.83 bits per heavy atom. The van der Waals surface area contributed by atoms with Crippen LogP contribution >= 0.6 is 0 Å². The average Bonchev–Trinajstić information content (AvgIpc) is 3.03. The minimum absolute atomic E-state index is 0.172. The van der Waals surface area contributed by atoms with Crippen molar-refractivity contribution >= 4 is 12.0 Å². The van der Waals surface area contributed by atoms with Crippen molar-refractivity contribution < 1.29 is 14.3 Å². The summed E-state index contributed by atoms with van der Waals surface area (Å²) in [4.78, 5) is 30.4. The Labute approximate surface area is 138 Å². The molecule has 2 rings (SSSR count). The van der Waals surface area contributed by atoms with Crippen molar-refractivity contribution in [2.24, 2.45) is 11.3 Å². The lowest BCUT2D eigenvalue weighted by molar-refractivity contribution is -0.137. The van der Waals surface area contributed by atoms with Crippen LogP contribution in [0.3, 0.4) is 0 Å². The first-order valence-corrected chi connectivity index (χ1v) is 8.12. The summed E-state index contributed by atoms with van der Waals surface area (Å²) in [5, 5.41) is 2.72. The summed E-state index contributed by atoms with van der Waals surface area (Å²) in [7, 11) is 0. The van der Waals surface area contributed by atoms with Gasteiger partial charge in [-0.05, 0) is 38.5 Å². The molecule has 1 aliphatic heterocycles. The van der Waals surface area contributed by atoms with Crippen LogP contribution in [-0.4, -0.2) is 40.8 Å². The fourth-order valence-corrected chi connectivity index (χ4v) is 3.08. The van der Waals surface area contributed by atoms with E-state index in [4.69, 9.17) is 11.3 Å². The lowest BCUT2D eigenvalue weighted by Gasteiger charge is -2.34. The lowest BCUT2D eigenvalue weighted by Crippen LogP contribution is -2.56. The standard InChI is InChI=1S/C17H27N3O3/c1-16(2,3)13(19-15(22)23-17(4,5)6)14(21)20-11-8-10(11)9-12(20)18-7/h10-13H,8-9H2,1-6H3,(H,19,22)/t10?,11?,12?,13-/m1/s1. The molecule has 6 nitrogen and oxygen atoms in total. The fraction of sp³-hybridized carbons (Fsp3) is 0.824. The van der Waals surface area contributed by atoms with Gasteiger partial charge < -0.3 is 10.1 Å². The van der Waals surface area contributed by atoms with Gasteiger partial charge in [0.25, 0.3) is 5.91 Å². The summed E-state index contributed by atoms with van der Waals surface area (Å²) in [5.74, 6) is 0.287. The van der Waals surface area contributed by atoms with E-state index < -0.39 is 29.3 Å². The third kappa shape index (κ3) is 3.95. The number of likely N-dealkylation sites (tertiary alicyclic amines) is 1. The number of ether oxygens (including phenoxy) is 1. The van der Waals surface area contributed by atoms with Crippen molar-refractivity contribution in [2.45, 2.75) is 78.2 Å². The van der Waals surface area contributed by atoms with Gasteiger partial charge in [0.05, 0.1) is 0 Å². The highest BCUT2D eigenvalue weighted by atomic mass is 16.6. The molecule has 0 aromatic carbocycles. The molecule has 0 spiro atoms. The maximum Gasteiger partial charge on any atom is 0.408 e. The zero-order chi connectivity index (χ0) is 17.6. The number of hydrogen-bond acceptors (Lipinski definition) is 3. The topological polar surface area (TPSA) is 63.0 Å². The van der Waals surface area contributed by atoms with Gasteiger partial charge in [-0.2, -0.15) is 0 Å². The zero-order valence-electron chi connectivity index (χ0n) is 14.8. The third-order valence-electron chi connectivity index (χ3n) is 4.25. The van der Waals surface area contributed by atoms with E-state index in [-0.39, 0.29) is 11.9 Å². The number of nitrogens with zero attached hydrogens (tertiary/aromatic N) is 2. The van der Waals surface area contributed by atoms with Crippen LogP contribution in [0, 0.1) is 17.9 Å². The molecule has 128 valence electrons. The number of alkyl carbamates (subject to hydrolysis) is 1. The van der Waals surface area contributed by atoms with Crippen molar-refractivity contribution in [3.05, 3.63) is 11.4 Å². The predicted octanol–water partition coefficient (Wildman–Crippen LogP) is 2.79. The van der Waals surface area contributed by atoms with Crippen LogP contribution in [0.25, 0.3) is 4.85 Å². The number of fused-ring (bicyclic) bond motifs is 1. The average molecular weight is 321 g/mol. The Morgan fingerprint density at radius 1 is 1.22 bits per heavy atom. The summed E-state index contributed by atoms with van der Waals surface area (Å²) in [6.45, 7) is 18.4. The van der Waals surface area contributed by atoms with Gasteiger partial charge in [0.15, 0.2) is 0 Å². The molecule has 0 radical (unpaired) electrons. The lowest BCUT2D eigenvalue weighted by atomic mass is 9.85. The molecular formula is C17H27N3O3. The minimum Gasteiger partial charge on any atom is -0.444 e. The van der Waals surface area contributed by atoms with E-state index in [0.29, 0.717) is 5.92 Å². The highest BCUT2D eigenvalue weighted by molar-refractivity contribution is 5.87. The Balaban J connectivity index is 2.14. The Bertz CT molecular complexity index is 539. The molecule has 1 heterocycles. The van der Waals surface area contributed by atoms with Crippen molar-refractivity contribution in [3.63, 3.8) is 0 Å². The molecule has 3 unspecified atom stereocenters.